The van der Waals surface area contributed by atoms with Gasteiger partial charge in [-0.2, -0.15) is 0 Å². The van der Waals surface area contributed by atoms with E-state index in [0.717, 1.165) is 14.9 Å². The highest BCUT2D eigenvalue weighted by atomic mass is 79.9. The van der Waals surface area contributed by atoms with Crippen molar-refractivity contribution in [2.75, 3.05) is 7.11 Å². The quantitative estimate of drug-likeness (QED) is 0.654. The van der Waals surface area contributed by atoms with Crippen molar-refractivity contribution in [3.8, 4) is 0 Å². The molecule has 0 amide bonds. The minimum Gasteiger partial charge on any atom is -0.375 e. The van der Waals surface area contributed by atoms with Crippen molar-refractivity contribution in [3.05, 3.63) is 56.7 Å². The number of methoxy groups -OCH3 is 1. The number of hydrogen-bond donors (Lipinski definition) is 2. The molecular formula is C13H15BrN2OS. The summed E-state index contributed by atoms with van der Waals surface area (Å²) in [5.74, 6) is 5.70. The van der Waals surface area contributed by atoms with E-state index >= 15 is 0 Å². The Morgan fingerprint density at radius 1 is 1.28 bits per heavy atom. The van der Waals surface area contributed by atoms with E-state index in [2.05, 4.69) is 21.4 Å². The highest BCUT2D eigenvalue weighted by molar-refractivity contribution is 9.10. The fraction of sp³-hybridized carbons (Fsp3) is 0.231. The Balaban J connectivity index is 2.34. The molecule has 0 aliphatic heterocycles. The van der Waals surface area contributed by atoms with Gasteiger partial charge in [0.15, 0.2) is 0 Å². The van der Waals surface area contributed by atoms with E-state index < -0.39 is 0 Å². The zero-order valence-electron chi connectivity index (χ0n) is 9.97. The SMILES string of the molecule is COC(c1ccccc1)C(NN)c1sccc1Br. The van der Waals surface area contributed by atoms with Gasteiger partial charge in [0.25, 0.3) is 0 Å². The van der Waals surface area contributed by atoms with Gasteiger partial charge < -0.3 is 4.74 Å². The molecule has 1 heterocycles. The largest absolute Gasteiger partial charge is 0.375 e. The van der Waals surface area contributed by atoms with E-state index in [4.69, 9.17) is 10.6 Å². The minimum atomic E-state index is -0.119. The van der Waals surface area contributed by atoms with Gasteiger partial charge in [-0.15, -0.1) is 11.3 Å². The number of hydrogen-bond acceptors (Lipinski definition) is 4. The smallest absolute Gasteiger partial charge is 0.104 e. The first-order valence-electron chi connectivity index (χ1n) is 5.54. The molecular weight excluding hydrogens is 312 g/mol. The van der Waals surface area contributed by atoms with E-state index in [9.17, 15) is 0 Å². The summed E-state index contributed by atoms with van der Waals surface area (Å²) >= 11 is 5.19. The van der Waals surface area contributed by atoms with Gasteiger partial charge in [0.2, 0.25) is 0 Å². The minimum absolute atomic E-state index is 0.0771. The molecule has 18 heavy (non-hydrogen) atoms. The predicted molar refractivity (Wildman–Crippen MR) is 78.3 cm³/mol. The van der Waals surface area contributed by atoms with Crippen molar-refractivity contribution < 1.29 is 4.74 Å². The van der Waals surface area contributed by atoms with Crippen LogP contribution < -0.4 is 11.3 Å². The normalized spacial score (nSPS) is 14.4. The monoisotopic (exact) mass is 326 g/mol. The van der Waals surface area contributed by atoms with Crippen LogP contribution in [0.5, 0.6) is 0 Å². The highest BCUT2D eigenvalue weighted by Gasteiger charge is 2.26. The summed E-state index contributed by atoms with van der Waals surface area (Å²) in [6.45, 7) is 0. The average molecular weight is 327 g/mol. The van der Waals surface area contributed by atoms with Crippen LogP contribution in [0.25, 0.3) is 0 Å². The van der Waals surface area contributed by atoms with E-state index in [1.165, 1.54) is 0 Å². The molecule has 0 bridgehead atoms. The van der Waals surface area contributed by atoms with Gasteiger partial charge >= 0.3 is 0 Å². The van der Waals surface area contributed by atoms with Gasteiger partial charge in [0, 0.05) is 16.5 Å². The zero-order chi connectivity index (χ0) is 13.0. The molecule has 3 N–H and O–H groups in total. The Kier molecular flexibility index (Phi) is 4.91. The maximum absolute atomic E-state index is 5.70. The molecule has 0 saturated heterocycles. The zero-order valence-corrected chi connectivity index (χ0v) is 12.4. The van der Waals surface area contributed by atoms with Gasteiger partial charge in [0.05, 0.1) is 6.04 Å². The molecule has 5 heteroatoms. The molecule has 0 spiro atoms. The van der Waals surface area contributed by atoms with Crippen LogP contribution in [-0.2, 0) is 4.74 Å². The Bertz CT molecular complexity index is 489. The Labute approximate surface area is 119 Å². The first-order valence-corrected chi connectivity index (χ1v) is 7.22. The Morgan fingerprint density at radius 2 is 2.00 bits per heavy atom. The van der Waals surface area contributed by atoms with E-state index in [-0.39, 0.29) is 12.1 Å². The summed E-state index contributed by atoms with van der Waals surface area (Å²) in [6.07, 6.45) is -0.119. The molecule has 0 radical (unpaired) electrons. The third-order valence-corrected chi connectivity index (χ3v) is 4.75. The lowest BCUT2D eigenvalue weighted by molar-refractivity contribution is 0.0685. The van der Waals surface area contributed by atoms with Crippen LogP contribution in [-0.4, -0.2) is 7.11 Å². The number of thiophene rings is 1. The fourth-order valence-corrected chi connectivity index (χ4v) is 3.64. The maximum Gasteiger partial charge on any atom is 0.104 e. The first-order chi connectivity index (χ1) is 8.77. The summed E-state index contributed by atoms with van der Waals surface area (Å²) in [5, 5.41) is 2.03. The number of rotatable bonds is 5. The van der Waals surface area contributed by atoms with Crippen molar-refractivity contribution in [2.45, 2.75) is 12.1 Å². The van der Waals surface area contributed by atoms with Gasteiger partial charge in [0.1, 0.15) is 6.10 Å². The second-order valence-electron chi connectivity index (χ2n) is 3.84. The van der Waals surface area contributed by atoms with Gasteiger partial charge in [-0.1, -0.05) is 30.3 Å². The molecule has 2 atom stereocenters. The van der Waals surface area contributed by atoms with Crippen LogP contribution in [0, 0.1) is 0 Å². The molecule has 1 aromatic heterocycles. The molecule has 2 aromatic rings. The summed E-state index contributed by atoms with van der Waals surface area (Å²) in [4.78, 5) is 1.13. The third kappa shape index (κ3) is 2.81. The van der Waals surface area contributed by atoms with Gasteiger partial charge in [-0.25, -0.2) is 5.43 Å². The van der Waals surface area contributed by atoms with Crippen LogP contribution >= 0.6 is 27.3 Å². The first kappa shape index (κ1) is 13.7. The number of halogens is 1. The van der Waals surface area contributed by atoms with Crippen molar-refractivity contribution in [2.24, 2.45) is 5.84 Å². The number of nitrogens with one attached hydrogen (secondary N) is 1. The van der Waals surface area contributed by atoms with E-state index in [1.54, 1.807) is 18.4 Å². The van der Waals surface area contributed by atoms with Crippen LogP contribution in [0.4, 0.5) is 0 Å². The van der Waals surface area contributed by atoms with Crippen molar-refractivity contribution >= 4 is 27.3 Å². The van der Waals surface area contributed by atoms with Crippen molar-refractivity contribution in [3.63, 3.8) is 0 Å². The average Bonchev–Trinajstić information content (AvgIpc) is 2.83. The molecule has 0 saturated carbocycles. The lowest BCUT2D eigenvalue weighted by atomic mass is 10.0. The van der Waals surface area contributed by atoms with Gasteiger partial charge in [-0.05, 0) is 32.9 Å². The van der Waals surface area contributed by atoms with Crippen LogP contribution in [0.3, 0.4) is 0 Å². The topological polar surface area (TPSA) is 47.3 Å². The Hall–Kier alpha value is -0.720. The molecule has 96 valence electrons. The molecule has 0 aliphatic carbocycles. The maximum atomic E-state index is 5.70. The number of hydrazine groups is 1. The lowest BCUT2D eigenvalue weighted by Crippen LogP contribution is -2.33. The molecule has 3 nitrogen and oxygen atoms in total. The molecule has 0 aliphatic rings. The van der Waals surface area contributed by atoms with Crippen molar-refractivity contribution in [1.29, 1.82) is 0 Å². The van der Waals surface area contributed by atoms with Crippen LogP contribution in [0.15, 0.2) is 46.3 Å². The summed E-state index contributed by atoms with van der Waals surface area (Å²) in [7, 11) is 1.70. The summed E-state index contributed by atoms with van der Waals surface area (Å²) in [6, 6.07) is 12.0. The van der Waals surface area contributed by atoms with Crippen LogP contribution in [0.1, 0.15) is 22.6 Å². The second-order valence-corrected chi connectivity index (χ2v) is 5.65. The lowest BCUT2D eigenvalue weighted by Gasteiger charge is -2.25. The molecule has 1 aromatic carbocycles. The van der Waals surface area contributed by atoms with E-state index in [0.29, 0.717) is 0 Å². The van der Waals surface area contributed by atoms with Gasteiger partial charge in [-0.3, -0.25) is 5.84 Å². The fourth-order valence-electron chi connectivity index (χ4n) is 1.94. The molecule has 2 rings (SSSR count). The van der Waals surface area contributed by atoms with Crippen molar-refractivity contribution in [1.82, 2.24) is 5.43 Å². The number of ether oxygens (including phenoxy) is 1. The standard InChI is InChI=1S/C13H15BrN2OS/c1-17-12(9-5-3-2-4-6-9)11(16-15)13-10(14)7-8-18-13/h2-8,11-12,16H,15H2,1H3. The van der Waals surface area contributed by atoms with E-state index in [1.807, 2.05) is 41.8 Å². The predicted octanol–water partition coefficient (Wildman–Crippen LogP) is 3.40. The molecule has 0 fully saturated rings. The summed E-state index contributed by atoms with van der Waals surface area (Å²) in [5.41, 5.74) is 3.95. The summed E-state index contributed by atoms with van der Waals surface area (Å²) < 4.78 is 6.66. The Morgan fingerprint density at radius 3 is 2.50 bits per heavy atom. The second kappa shape index (κ2) is 6.45. The van der Waals surface area contributed by atoms with Crippen LogP contribution in [0.2, 0.25) is 0 Å². The molecule has 2 unspecified atom stereocenters. The third-order valence-electron chi connectivity index (χ3n) is 2.79. The number of nitrogens with two attached hydrogens (primary N) is 1. The highest BCUT2D eigenvalue weighted by Crippen LogP contribution is 2.37. The number of benzene rings is 1.